The van der Waals surface area contributed by atoms with E-state index >= 15 is 0 Å². The molecule has 0 spiro atoms. The number of para-hydroxylation sites is 1. The number of aromatic hydroxyl groups is 1. The lowest BCUT2D eigenvalue weighted by molar-refractivity contribution is 0.481. The van der Waals surface area contributed by atoms with Crippen LogP contribution in [0.1, 0.15) is 5.56 Å². The molecule has 0 unspecified atom stereocenters. The summed E-state index contributed by atoms with van der Waals surface area (Å²) in [7, 11) is 0. The second kappa shape index (κ2) is 6.53. The van der Waals surface area contributed by atoms with Crippen molar-refractivity contribution in [3.63, 3.8) is 0 Å². The van der Waals surface area contributed by atoms with Crippen LogP contribution in [0.4, 0.5) is 5.69 Å². The third-order valence-electron chi connectivity index (χ3n) is 4.02. The molecule has 1 aromatic heterocycles. The SMILES string of the molecule is Oc1c(/C=N/Nc2cccc3cccnc23)cc(Br)c2ccccc12. The van der Waals surface area contributed by atoms with Gasteiger partial charge in [-0.25, -0.2) is 0 Å². The fraction of sp³-hybridized carbons (Fsp3) is 0. The van der Waals surface area contributed by atoms with E-state index in [2.05, 4.69) is 31.4 Å². The largest absolute Gasteiger partial charge is 0.507 e. The maximum absolute atomic E-state index is 10.5. The summed E-state index contributed by atoms with van der Waals surface area (Å²) in [6, 6.07) is 19.3. The number of hydrazone groups is 1. The Balaban J connectivity index is 1.68. The van der Waals surface area contributed by atoms with Gasteiger partial charge in [0.05, 0.1) is 17.4 Å². The third kappa shape index (κ3) is 2.94. The molecule has 0 atom stereocenters. The number of nitrogens with one attached hydrogen (secondary N) is 1. The minimum atomic E-state index is 0.209. The predicted octanol–water partition coefficient (Wildman–Crippen LogP) is 5.30. The number of phenolic OH excluding ortho intramolecular Hbond substituents is 1. The summed E-state index contributed by atoms with van der Waals surface area (Å²) in [6.07, 6.45) is 3.36. The first-order valence-electron chi connectivity index (χ1n) is 7.77. The Morgan fingerprint density at radius 3 is 2.68 bits per heavy atom. The zero-order valence-electron chi connectivity index (χ0n) is 13.1. The summed E-state index contributed by atoms with van der Waals surface area (Å²) in [6.45, 7) is 0. The third-order valence-corrected chi connectivity index (χ3v) is 4.67. The summed E-state index contributed by atoms with van der Waals surface area (Å²) < 4.78 is 0.911. The Labute approximate surface area is 153 Å². The van der Waals surface area contributed by atoms with E-state index < -0.39 is 0 Å². The smallest absolute Gasteiger partial charge is 0.132 e. The van der Waals surface area contributed by atoms with Crippen LogP contribution in [0.5, 0.6) is 5.75 Å². The van der Waals surface area contributed by atoms with E-state index in [1.165, 1.54) is 0 Å². The zero-order valence-corrected chi connectivity index (χ0v) is 14.7. The van der Waals surface area contributed by atoms with Crippen LogP contribution in [0.2, 0.25) is 0 Å². The number of hydrogen-bond acceptors (Lipinski definition) is 4. The van der Waals surface area contributed by atoms with Crippen molar-refractivity contribution >= 4 is 49.5 Å². The molecular weight excluding hydrogens is 378 g/mol. The summed E-state index contributed by atoms with van der Waals surface area (Å²) in [5.74, 6) is 0.209. The molecular formula is C20H14BrN3O. The summed E-state index contributed by atoms with van der Waals surface area (Å²) >= 11 is 3.55. The van der Waals surface area contributed by atoms with E-state index in [9.17, 15) is 5.11 Å². The maximum atomic E-state index is 10.5. The molecule has 25 heavy (non-hydrogen) atoms. The topological polar surface area (TPSA) is 57.5 Å². The molecule has 5 heteroatoms. The lowest BCUT2D eigenvalue weighted by atomic mass is 10.1. The fourth-order valence-corrected chi connectivity index (χ4v) is 3.39. The number of fused-ring (bicyclic) bond motifs is 2. The number of anilines is 1. The van der Waals surface area contributed by atoms with Gasteiger partial charge in [-0.1, -0.05) is 58.4 Å². The lowest BCUT2D eigenvalue weighted by Crippen LogP contribution is -1.94. The standard InChI is InChI=1S/C20H14BrN3O/c21-17-11-14(20(25)16-8-2-1-7-15(16)17)12-23-24-18-9-3-5-13-6-4-10-22-19(13)18/h1-12,24-25H/b23-12+. The molecule has 0 saturated carbocycles. The number of halogens is 1. The van der Waals surface area contributed by atoms with Crippen molar-refractivity contribution in [1.82, 2.24) is 4.98 Å². The Bertz CT molecular complexity index is 1100. The van der Waals surface area contributed by atoms with Crippen molar-refractivity contribution < 1.29 is 5.11 Å². The van der Waals surface area contributed by atoms with Crippen molar-refractivity contribution in [3.8, 4) is 5.75 Å². The number of hydrogen-bond donors (Lipinski definition) is 2. The highest BCUT2D eigenvalue weighted by Crippen LogP contribution is 2.33. The lowest BCUT2D eigenvalue weighted by Gasteiger charge is -2.07. The minimum absolute atomic E-state index is 0.209. The predicted molar refractivity (Wildman–Crippen MR) is 106 cm³/mol. The van der Waals surface area contributed by atoms with Crippen LogP contribution in [-0.2, 0) is 0 Å². The molecule has 2 N–H and O–H groups in total. The molecule has 0 radical (unpaired) electrons. The van der Waals surface area contributed by atoms with Crippen LogP contribution < -0.4 is 5.43 Å². The molecule has 0 amide bonds. The number of benzene rings is 3. The van der Waals surface area contributed by atoms with Gasteiger partial charge in [0.2, 0.25) is 0 Å². The Hall–Kier alpha value is -2.92. The molecule has 0 bridgehead atoms. The highest BCUT2D eigenvalue weighted by atomic mass is 79.9. The quantitative estimate of drug-likeness (QED) is 0.367. The first-order chi connectivity index (χ1) is 12.2. The Morgan fingerprint density at radius 2 is 1.80 bits per heavy atom. The molecule has 1 heterocycles. The van der Waals surface area contributed by atoms with Crippen LogP contribution in [0.15, 0.2) is 76.4 Å². The van der Waals surface area contributed by atoms with E-state index in [0.717, 1.165) is 31.8 Å². The normalized spacial score (nSPS) is 11.4. The minimum Gasteiger partial charge on any atom is -0.507 e. The van der Waals surface area contributed by atoms with Crippen LogP contribution in [0, 0.1) is 0 Å². The molecule has 122 valence electrons. The Kier molecular flexibility index (Phi) is 4.07. The van der Waals surface area contributed by atoms with E-state index in [4.69, 9.17) is 0 Å². The van der Waals surface area contributed by atoms with Gasteiger partial charge in [-0.15, -0.1) is 0 Å². The van der Waals surface area contributed by atoms with Gasteiger partial charge < -0.3 is 5.11 Å². The van der Waals surface area contributed by atoms with E-state index in [-0.39, 0.29) is 5.75 Å². The van der Waals surface area contributed by atoms with E-state index in [1.54, 1.807) is 12.4 Å². The van der Waals surface area contributed by atoms with E-state index in [1.807, 2.05) is 60.7 Å². The molecule has 0 aliphatic heterocycles. The first kappa shape index (κ1) is 15.6. The molecule has 0 saturated heterocycles. The van der Waals surface area contributed by atoms with Crippen LogP contribution >= 0.6 is 15.9 Å². The van der Waals surface area contributed by atoms with Gasteiger partial charge >= 0.3 is 0 Å². The number of nitrogens with zero attached hydrogens (tertiary/aromatic N) is 2. The summed E-state index contributed by atoms with van der Waals surface area (Å²) in [4.78, 5) is 4.39. The van der Waals surface area contributed by atoms with Crippen molar-refractivity contribution in [1.29, 1.82) is 0 Å². The van der Waals surface area contributed by atoms with Crippen LogP contribution in [0.25, 0.3) is 21.7 Å². The summed E-state index contributed by atoms with van der Waals surface area (Å²) in [5, 5.41) is 17.6. The van der Waals surface area contributed by atoms with Gasteiger partial charge in [0.1, 0.15) is 5.75 Å². The first-order valence-corrected chi connectivity index (χ1v) is 8.56. The van der Waals surface area contributed by atoms with Gasteiger partial charge in [-0.2, -0.15) is 5.10 Å². The second-order valence-electron chi connectivity index (χ2n) is 5.59. The number of pyridine rings is 1. The molecule has 4 rings (SSSR count). The number of aromatic nitrogens is 1. The van der Waals surface area contributed by atoms with Gasteiger partial charge in [0.15, 0.2) is 0 Å². The van der Waals surface area contributed by atoms with E-state index in [0.29, 0.717) is 5.56 Å². The molecule has 4 aromatic rings. The van der Waals surface area contributed by atoms with Crippen LogP contribution in [0.3, 0.4) is 0 Å². The van der Waals surface area contributed by atoms with Crippen molar-refractivity contribution in [2.75, 3.05) is 5.43 Å². The van der Waals surface area contributed by atoms with Crippen molar-refractivity contribution in [3.05, 3.63) is 76.9 Å². The molecule has 3 aromatic carbocycles. The van der Waals surface area contributed by atoms with Gasteiger partial charge in [0.25, 0.3) is 0 Å². The maximum Gasteiger partial charge on any atom is 0.132 e. The highest BCUT2D eigenvalue weighted by molar-refractivity contribution is 9.10. The fourth-order valence-electron chi connectivity index (χ4n) is 2.80. The molecule has 4 nitrogen and oxygen atoms in total. The Morgan fingerprint density at radius 1 is 1.00 bits per heavy atom. The van der Waals surface area contributed by atoms with Crippen molar-refractivity contribution in [2.45, 2.75) is 0 Å². The van der Waals surface area contributed by atoms with Crippen LogP contribution in [-0.4, -0.2) is 16.3 Å². The monoisotopic (exact) mass is 391 g/mol. The molecule has 0 aliphatic carbocycles. The molecule has 0 fully saturated rings. The zero-order chi connectivity index (χ0) is 17.2. The average molecular weight is 392 g/mol. The highest BCUT2D eigenvalue weighted by Gasteiger charge is 2.08. The van der Waals surface area contributed by atoms with Gasteiger partial charge in [-0.3, -0.25) is 10.4 Å². The average Bonchev–Trinajstić information content (AvgIpc) is 2.66. The molecule has 0 aliphatic rings. The second-order valence-corrected chi connectivity index (χ2v) is 6.45. The number of rotatable bonds is 3. The summed E-state index contributed by atoms with van der Waals surface area (Å²) in [5.41, 5.74) is 5.31. The number of phenols is 1. The van der Waals surface area contributed by atoms with Gasteiger partial charge in [0, 0.05) is 27.0 Å². The van der Waals surface area contributed by atoms with Gasteiger partial charge in [-0.05, 0) is 23.6 Å². The van der Waals surface area contributed by atoms with Crippen molar-refractivity contribution in [2.24, 2.45) is 5.10 Å².